The van der Waals surface area contributed by atoms with Gasteiger partial charge in [0.2, 0.25) is 0 Å². The molecule has 2 aromatic rings. The van der Waals surface area contributed by atoms with Gasteiger partial charge in [0.1, 0.15) is 0 Å². The molecule has 2 rings (SSSR count). The summed E-state index contributed by atoms with van der Waals surface area (Å²) in [5, 5.41) is 0.339. The first-order valence-electron chi connectivity index (χ1n) is 8.20. The average Bonchev–Trinajstić information content (AvgIpc) is 3.04. The van der Waals surface area contributed by atoms with E-state index in [4.69, 9.17) is 0 Å². The molecular weight excluding hydrogens is 452 g/mol. The number of carbonyl (C=O) groups excluding carboxylic acids is 1. The number of unbranched alkanes of at least 4 members (excludes halogenated alkanes) is 3. The largest absolute Gasteiger partial charge is 0.336 e. The van der Waals surface area contributed by atoms with Crippen molar-refractivity contribution in [3.05, 3.63) is 51.4 Å². The predicted molar refractivity (Wildman–Crippen MR) is 108 cm³/mol. The van der Waals surface area contributed by atoms with Gasteiger partial charge in [-0.2, -0.15) is 0 Å². The fourth-order valence-corrected chi connectivity index (χ4v) is 5.10. The van der Waals surface area contributed by atoms with Gasteiger partial charge < -0.3 is 4.57 Å². The third kappa shape index (κ3) is 6.37. The molecule has 0 saturated heterocycles. The number of nitrogens with zero attached hydrogens (tertiary/aromatic N) is 2. The summed E-state index contributed by atoms with van der Waals surface area (Å²) in [6.07, 6.45) is 10.7. The summed E-state index contributed by atoms with van der Waals surface area (Å²) in [6, 6.07) is 6.13. The molecule has 0 aliphatic carbocycles. The second kappa shape index (κ2) is 10.4. The summed E-state index contributed by atoms with van der Waals surface area (Å²) < 4.78 is 4.07. The monoisotopic (exact) mass is 472 g/mol. The van der Waals surface area contributed by atoms with E-state index in [1.807, 2.05) is 22.9 Å². The normalized spacial score (nSPS) is 12.3. The minimum Gasteiger partial charge on any atom is -0.336 e. The maximum atomic E-state index is 12.4. The first kappa shape index (κ1) is 19.7. The lowest BCUT2D eigenvalue weighted by atomic mass is 10.1. The highest BCUT2D eigenvalue weighted by Gasteiger charge is 2.20. The maximum Gasteiger partial charge on any atom is 0.189 e. The average molecular weight is 474 g/mol. The van der Waals surface area contributed by atoms with Crippen molar-refractivity contribution in [1.29, 1.82) is 0 Å². The van der Waals surface area contributed by atoms with Gasteiger partial charge in [0, 0.05) is 34.3 Å². The van der Waals surface area contributed by atoms with Crippen LogP contribution in [-0.4, -0.2) is 14.7 Å². The molecule has 0 spiro atoms. The van der Waals surface area contributed by atoms with E-state index in [1.54, 1.807) is 12.5 Å². The zero-order valence-electron chi connectivity index (χ0n) is 13.8. The third-order valence-corrected chi connectivity index (χ3v) is 6.09. The highest BCUT2D eigenvalue weighted by atomic mass is 79.9. The molecule has 0 radical (unpaired) electrons. The van der Waals surface area contributed by atoms with Crippen LogP contribution >= 0.6 is 43.6 Å². The fraction of sp³-hybridized carbons (Fsp3) is 0.444. The van der Waals surface area contributed by atoms with E-state index in [1.165, 1.54) is 24.6 Å². The van der Waals surface area contributed by atoms with Crippen LogP contribution in [0.4, 0.5) is 0 Å². The van der Waals surface area contributed by atoms with E-state index >= 15 is 0 Å². The lowest BCUT2D eigenvalue weighted by molar-refractivity contribution is -0.111. The van der Waals surface area contributed by atoms with Crippen molar-refractivity contribution in [3.8, 4) is 0 Å². The van der Waals surface area contributed by atoms with Crippen molar-refractivity contribution >= 4 is 48.7 Å². The quantitative estimate of drug-likeness (QED) is 0.396. The van der Waals surface area contributed by atoms with Crippen molar-refractivity contribution in [2.45, 2.75) is 50.8 Å². The molecule has 1 atom stereocenters. The number of aromatic nitrogens is 2. The molecule has 0 fully saturated rings. The molecule has 130 valence electrons. The van der Waals surface area contributed by atoms with E-state index in [0.717, 1.165) is 33.9 Å². The van der Waals surface area contributed by atoms with Gasteiger partial charge in [-0.05, 0) is 24.1 Å². The zero-order valence-corrected chi connectivity index (χ0v) is 17.7. The molecule has 1 aromatic carbocycles. The maximum absolute atomic E-state index is 12.4. The molecule has 1 heterocycles. The smallest absolute Gasteiger partial charge is 0.189 e. The number of hydrogen-bond donors (Lipinski definition) is 0. The molecule has 24 heavy (non-hydrogen) atoms. The van der Waals surface area contributed by atoms with Gasteiger partial charge in [-0.15, -0.1) is 0 Å². The molecule has 6 heteroatoms. The number of benzene rings is 1. The Labute approximate surface area is 164 Å². The Morgan fingerprint density at radius 3 is 2.79 bits per heavy atom. The number of rotatable bonds is 9. The number of thioether (sulfide) groups is 1. The second-order valence-electron chi connectivity index (χ2n) is 5.71. The summed E-state index contributed by atoms with van der Waals surface area (Å²) in [5.41, 5.74) is 1.14. The van der Waals surface area contributed by atoms with Gasteiger partial charge in [0.25, 0.3) is 0 Å². The standard InChI is InChI=1S/C18H22Br2N2OS/c1-2-3-4-5-6-18(23)24-17(12-22-10-9-21-13-22)15-8-7-14(19)11-16(15)20/h7-11,13,17H,2-6,12H2,1H3. The third-order valence-electron chi connectivity index (χ3n) is 3.75. The van der Waals surface area contributed by atoms with Crippen molar-refractivity contribution in [2.24, 2.45) is 0 Å². The Morgan fingerprint density at radius 1 is 1.29 bits per heavy atom. The predicted octanol–water partition coefficient (Wildman–Crippen LogP) is 6.38. The van der Waals surface area contributed by atoms with Gasteiger partial charge in [-0.1, -0.05) is 75.9 Å². The van der Waals surface area contributed by atoms with E-state index in [-0.39, 0.29) is 10.4 Å². The molecule has 1 aromatic heterocycles. The van der Waals surface area contributed by atoms with Gasteiger partial charge >= 0.3 is 0 Å². The zero-order chi connectivity index (χ0) is 17.4. The minimum absolute atomic E-state index is 0.0698. The lowest BCUT2D eigenvalue weighted by Crippen LogP contribution is -2.08. The number of imidazole rings is 1. The highest BCUT2D eigenvalue weighted by molar-refractivity contribution is 9.11. The Bertz CT molecular complexity index is 646. The molecule has 0 aliphatic rings. The van der Waals surface area contributed by atoms with Crippen LogP contribution in [0.25, 0.3) is 0 Å². The highest BCUT2D eigenvalue weighted by Crippen LogP contribution is 2.37. The Balaban J connectivity index is 2.06. The van der Waals surface area contributed by atoms with E-state index in [9.17, 15) is 4.79 Å². The Hall–Kier alpha value is -0.590. The van der Waals surface area contributed by atoms with Crippen LogP contribution < -0.4 is 0 Å². The van der Waals surface area contributed by atoms with Crippen molar-refractivity contribution < 1.29 is 4.79 Å². The summed E-state index contributed by atoms with van der Waals surface area (Å²) in [7, 11) is 0. The summed E-state index contributed by atoms with van der Waals surface area (Å²) in [4.78, 5) is 16.5. The first-order chi connectivity index (χ1) is 11.6. The van der Waals surface area contributed by atoms with Crippen molar-refractivity contribution in [3.63, 3.8) is 0 Å². The van der Waals surface area contributed by atoms with Crippen LogP contribution in [0.3, 0.4) is 0 Å². The van der Waals surface area contributed by atoms with E-state index in [2.05, 4.69) is 49.8 Å². The molecule has 0 amide bonds. The number of carbonyl (C=O) groups is 1. The van der Waals surface area contributed by atoms with Gasteiger partial charge in [-0.25, -0.2) is 4.98 Å². The number of halogens is 2. The SMILES string of the molecule is CCCCCCC(=O)SC(Cn1ccnc1)c1ccc(Br)cc1Br. The fourth-order valence-electron chi connectivity index (χ4n) is 2.46. The van der Waals surface area contributed by atoms with Crippen LogP contribution in [0.2, 0.25) is 0 Å². The second-order valence-corrected chi connectivity index (χ2v) is 8.74. The topological polar surface area (TPSA) is 34.9 Å². The van der Waals surface area contributed by atoms with E-state index < -0.39 is 0 Å². The first-order valence-corrected chi connectivity index (χ1v) is 10.7. The summed E-state index contributed by atoms with van der Waals surface area (Å²) in [6.45, 7) is 2.91. The molecule has 0 saturated carbocycles. The minimum atomic E-state index is 0.0698. The molecule has 0 aliphatic heterocycles. The Kier molecular flexibility index (Phi) is 8.56. The molecule has 0 N–H and O–H groups in total. The molecule has 0 bridgehead atoms. The van der Waals surface area contributed by atoms with Crippen LogP contribution in [0.1, 0.15) is 49.8 Å². The lowest BCUT2D eigenvalue weighted by Gasteiger charge is -2.18. The van der Waals surface area contributed by atoms with E-state index in [0.29, 0.717) is 6.42 Å². The molecule has 1 unspecified atom stereocenters. The van der Waals surface area contributed by atoms with Gasteiger partial charge in [-0.3, -0.25) is 4.79 Å². The van der Waals surface area contributed by atoms with Crippen molar-refractivity contribution in [1.82, 2.24) is 9.55 Å². The molecule has 3 nitrogen and oxygen atoms in total. The van der Waals surface area contributed by atoms with Crippen LogP contribution in [0, 0.1) is 0 Å². The van der Waals surface area contributed by atoms with Crippen molar-refractivity contribution in [2.75, 3.05) is 0 Å². The molecular formula is C18H22Br2N2OS. The van der Waals surface area contributed by atoms with Crippen LogP contribution in [-0.2, 0) is 11.3 Å². The van der Waals surface area contributed by atoms with Crippen LogP contribution in [0.5, 0.6) is 0 Å². The van der Waals surface area contributed by atoms with Gasteiger partial charge in [0.15, 0.2) is 5.12 Å². The summed E-state index contributed by atoms with van der Waals surface area (Å²) in [5.74, 6) is 0. The van der Waals surface area contributed by atoms with Gasteiger partial charge in [0.05, 0.1) is 11.6 Å². The Morgan fingerprint density at radius 2 is 2.12 bits per heavy atom. The number of hydrogen-bond acceptors (Lipinski definition) is 3. The summed E-state index contributed by atoms with van der Waals surface area (Å²) >= 11 is 8.56. The van der Waals surface area contributed by atoms with Crippen LogP contribution in [0.15, 0.2) is 45.9 Å².